The standard InChI is InChI=1S/C47H48F4N2O3/c1-7-9-14-32(8-2)26-53-40-20-19-33(43(52-25-31(6)54)36-17-12-13-18-41(36)56-27-47(50,51)46(48)49)23-37(40)38-24-39(34-15-10-11-16-35(34)44(38)53)45(55)42-29(4)21-28(3)22-30(42)5/h10-13,15-24,32,46H,7-9,14,25-27H2,1-6H3. The van der Waals surface area contributed by atoms with E-state index in [1.54, 1.807) is 18.2 Å². The van der Waals surface area contributed by atoms with Gasteiger partial charge in [-0.2, -0.15) is 8.78 Å². The van der Waals surface area contributed by atoms with Crippen LogP contribution in [0.2, 0.25) is 0 Å². The summed E-state index contributed by atoms with van der Waals surface area (Å²) in [7, 11) is 0. The molecule has 0 aliphatic carbocycles. The van der Waals surface area contributed by atoms with Gasteiger partial charge in [-0.3, -0.25) is 14.6 Å². The van der Waals surface area contributed by atoms with E-state index in [1.807, 2.05) is 75.4 Å². The number of halogens is 4. The number of aromatic nitrogens is 1. The lowest BCUT2D eigenvalue weighted by atomic mass is 9.89. The molecule has 292 valence electrons. The van der Waals surface area contributed by atoms with E-state index >= 15 is 0 Å². The number of benzene rings is 5. The third-order valence-electron chi connectivity index (χ3n) is 10.6. The first kappa shape index (κ1) is 40.4. The van der Waals surface area contributed by atoms with Crippen LogP contribution >= 0.6 is 0 Å². The van der Waals surface area contributed by atoms with Crippen LogP contribution in [0.15, 0.2) is 89.9 Å². The lowest BCUT2D eigenvalue weighted by molar-refractivity contribution is -0.148. The molecule has 0 bridgehead atoms. The van der Waals surface area contributed by atoms with Crippen LogP contribution in [-0.2, 0) is 11.3 Å². The predicted octanol–water partition coefficient (Wildman–Crippen LogP) is 12.0. The highest BCUT2D eigenvalue weighted by molar-refractivity contribution is 6.27. The van der Waals surface area contributed by atoms with Crippen LogP contribution in [0, 0.1) is 26.7 Å². The van der Waals surface area contributed by atoms with Crippen LogP contribution < -0.4 is 4.74 Å². The minimum absolute atomic E-state index is 0.0675. The van der Waals surface area contributed by atoms with Gasteiger partial charge in [0, 0.05) is 50.5 Å². The number of aryl methyl sites for hydroxylation is 3. The Morgan fingerprint density at radius 3 is 2.16 bits per heavy atom. The van der Waals surface area contributed by atoms with E-state index in [1.165, 1.54) is 13.0 Å². The largest absolute Gasteiger partial charge is 0.486 e. The smallest absolute Gasteiger partial charge is 0.340 e. The molecule has 1 atom stereocenters. The number of Topliss-reactive ketones (excluding diaryl/α,β-unsaturated/α-hetero) is 1. The number of fused-ring (bicyclic) bond motifs is 5. The van der Waals surface area contributed by atoms with Crippen molar-refractivity contribution >= 4 is 49.9 Å². The van der Waals surface area contributed by atoms with E-state index in [9.17, 15) is 27.2 Å². The molecular formula is C47H48F4N2O3. The molecule has 0 N–H and O–H groups in total. The number of para-hydroxylation sites is 1. The Kier molecular flexibility index (Phi) is 12.1. The average molecular weight is 765 g/mol. The number of nitrogens with zero attached hydrogens (tertiary/aromatic N) is 2. The zero-order chi connectivity index (χ0) is 40.3. The minimum atomic E-state index is -4.37. The maximum Gasteiger partial charge on any atom is 0.340 e. The zero-order valence-electron chi connectivity index (χ0n) is 32.8. The van der Waals surface area contributed by atoms with Crippen LogP contribution in [0.4, 0.5) is 17.6 Å². The maximum absolute atomic E-state index is 14.7. The summed E-state index contributed by atoms with van der Waals surface area (Å²) in [4.78, 5) is 31.6. The van der Waals surface area contributed by atoms with Crippen LogP contribution in [0.25, 0.3) is 32.6 Å². The predicted molar refractivity (Wildman–Crippen MR) is 218 cm³/mol. The first-order valence-corrected chi connectivity index (χ1v) is 19.3. The summed E-state index contributed by atoms with van der Waals surface area (Å²) in [6, 6.07) is 26.1. The summed E-state index contributed by atoms with van der Waals surface area (Å²) in [5.41, 5.74) is 7.22. The zero-order valence-corrected chi connectivity index (χ0v) is 32.8. The molecular weight excluding hydrogens is 717 g/mol. The maximum atomic E-state index is 14.7. The second-order valence-electron chi connectivity index (χ2n) is 14.9. The highest BCUT2D eigenvalue weighted by atomic mass is 19.3. The Bertz CT molecular complexity index is 2440. The van der Waals surface area contributed by atoms with Gasteiger partial charge in [0.15, 0.2) is 18.2 Å². The van der Waals surface area contributed by atoms with E-state index in [2.05, 4.69) is 29.5 Å². The summed E-state index contributed by atoms with van der Waals surface area (Å²) in [6.45, 7) is 10.8. The van der Waals surface area contributed by atoms with E-state index in [0.29, 0.717) is 22.6 Å². The van der Waals surface area contributed by atoms with Crippen molar-refractivity contribution in [3.8, 4) is 5.75 Å². The Morgan fingerprint density at radius 1 is 0.821 bits per heavy atom. The Hall–Kier alpha value is -5.31. The molecule has 0 saturated heterocycles. The van der Waals surface area contributed by atoms with Crippen molar-refractivity contribution in [1.82, 2.24) is 4.57 Å². The first-order valence-electron chi connectivity index (χ1n) is 19.3. The van der Waals surface area contributed by atoms with Gasteiger partial charge < -0.3 is 9.30 Å². The number of aliphatic imine (C=N–C) groups is 1. The van der Waals surface area contributed by atoms with Gasteiger partial charge >= 0.3 is 12.3 Å². The highest BCUT2D eigenvalue weighted by Gasteiger charge is 2.42. The summed E-state index contributed by atoms with van der Waals surface area (Å²) in [5, 5.41) is 3.51. The molecule has 6 rings (SSSR count). The number of carbonyl (C=O) groups is 2. The van der Waals surface area contributed by atoms with Gasteiger partial charge in [-0.05, 0) is 86.9 Å². The lowest BCUT2D eigenvalue weighted by Gasteiger charge is -2.19. The molecule has 5 aromatic carbocycles. The van der Waals surface area contributed by atoms with Crippen molar-refractivity contribution in [2.24, 2.45) is 10.9 Å². The number of unbranched alkanes of at least 4 members (excludes halogenated alkanes) is 1. The second-order valence-corrected chi connectivity index (χ2v) is 14.9. The lowest BCUT2D eigenvalue weighted by Crippen LogP contribution is -2.34. The van der Waals surface area contributed by atoms with Crippen LogP contribution in [-0.4, -0.2) is 47.3 Å². The van der Waals surface area contributed by atoms with Gasteiger partial charge in [-0.15, -0.1) is 0 Å². The molecule has 0 spiro atoms. The van der Waals surface area contributed by atoms with E-state index in [4.69, 9.17) is 4.74 Å². The molecule has 0 aliphatic rings. The normalized spacial score (nSPS) is 12.9. The Morgan fingerprint density at radius 2 is 1.50 bits per heavy atom. The molecule has 0 saturated carbocycles. The van der Waals surface area contributed by atoms with Crippen molar-refractivity contribution in [3.05, 3.63) is 124 Å². The van der Waals surface area contributed by atoms with Crippen molar-refractivity contribution in [2.75, 3.05) is 13.2 Å². The number of alkyl halides is 4. The van der Waals surface area contributed by atoms with E-state index < -0.39 is 19.0 Å². The van der Waals surface area contributed by atoms with E-state index in [0.717, 1.165) is 81.5 Å². The van der Waals surface area contributed by atoms with Gasteiger partial charge in [-0.25, -0.2) is 8.78 Å². The van der Waals surface area contributed by atoms with E-state index in [-0.39, 0.29) is 35.1 Å². The number of hydrogen-bond acceptors (Lipinski definition) is 4. The van der Waals surface area contributed by atoms with Crippen molar-refractivity contribution in [1.29, 1.82) is 0 Å². The van der Waals surface area contributed by atoms with Gasteiger partial charge in [0.05, 0.1) is 17.8 Å². The molecule has 0 fully saturated rings. The van der Waals surface area contributed by atoms with Crippen LogP contribution in [0.5, 0.6) is 5.75 Å². The van der Waals surface area contributed by atoms with Crippen molar-refractivity contribution in [2.45, 2.75) is 86.1 Å². The number of carbonyl (C=O) groups excluding carboxylic acids is 2. The Labute approximate surface area is 325 Å². The summed E-state index contributed by atoms with van der Waals surface area (Å²) in [6.07, 6.45) is 0.349. The molecule has 9 heteroatoms. The first-order chi connectivity index (χ1) is 26.7. The molecule has 56 heavy (non-hydrogen) atoms. The minimum Gasteiger partial charge on any atom is -0.486 e. The van der Waals surface area contributed by atoms with Gasteiger partial charge in [0.25, 0.3) is 0 Å². The monoisotopic (exact) mass is 764 g/mol. The number of ether oxygens (including phenoxy) is 1. The van der Waals surface area contributed by atoms with Gasteiger partial charge in [0.1, 0.15) is 5.75 Å². The molecule has 0 radical (unpaired) electrons. The molecule has 5 nitrogen and oxygen atoms in total. The molecule has 6 aromatic rings. The van der Waals surface area contributed by atoms with Gasteiger partial charge in [-0.1, -0.05) is 93.3 Å². The van der Waals surface area contributed by atoms with Crippen LogP contribution in [0.3, 0.4) is 0 Å². The molecule has 0 aliphatic heterocycles. The fourth-order valence-corrected chi connectivity index (χ4v) is 7.88. The Balaban J connectivity index is 1.63. The average Bonchev–Trinajstić information content (AvgIpc) is 3.47. The number of ketones is 2. The second kappa shape index (κ2) is 16.8. The summed E-state index contributed by atoms with van der Waals surface area (Å²) in [5.74, 6) is -4.33. The summed E-state index contributed by atoms with van der Waals surface area (Å²) < 4.78 is 62.0. The fraction of sp³-hybridized carbons (Fsp3) is 0.340. The van der Waals surface area contributed by atoms with Crippen LogP contribution in [0.1, 0.15) is 90.2 Å². The molecule has 1 heterocycles. The van der Waals surface area contributed by atoms with Crippen molar-refractivity contribution < 1.29 is 31.9 Å². The fourth-order valence-electron chi connectivity index (χ4n) is 7.88. The molecule has 1 unspecified atom stereocenters. The SMILES string of the molecule is CCCCC(CC)Cn1c2ccc(C(=NCC(C)=O)c3ccccc3OCC(F)(F)C(F)F)cc2c2cc(C(=O)c3c(C)cc(C)cc3C)c3ccccc3c21. The topological polar surface area (TPSA) is 60.7 Å². The van der Waals surface area contributed by atoms with Crippen molar-refractivity contribution in [3.63, 3.8) is 0 Å². The molecule has 1 aromatic heterocycles. The third kappa shape index (κ3) is 8.13. The van der Waals surface area contributed by atoms with Gasteiger partial charge in [0.2, 0.25) is 0 Å². The highest BCUT2D eigenvalue weighted by Crippen LogP contribution is 2.40. The quantitative estimate of drug-likeness (QED) is 0.0560. The number of rotatable bonds is 16. The third-order valence-corrected chi connectivity index (χ3v) is 10.6. The molecule has 0 amide bonds. The number of hydrogen-bond donors (Lipinski definition) is 0. The summed E-state index contributed by atoms with van der Waals surface area (Å²) >= 11 is 0.